The van der Waals surface area contributed by atoms with Crippen LogP contribution in [0.4, 0.5) is 4.39 Å². The predicted octanol–water partition coefficient (Wildman–Crippen LogP) is 1.68. The Balaban J connectivity index is 2.43. The Hall–Kier alpha value is -1.42. The number of halogens is 1. The van der Waals surface area contributed by atoms with Crippen LogP contribution in [0, 0.1) is 5.82 Å². The number of benzene rings is 1. The summed E-state index contributed by atoms with van der Waals surface area (Å²) < 4.78 is 12.6. The maximum Gasteiger partial charge on any atom is 0.251 e. The molecular weight excluding hydrogens is 207 g/mol. The van der Waals surface area contributed by atoms with E-state index in [1.54, 1.807) is 0 Å². The van der Waals surface area contributed by atoms with Crippen LogP contribution in [0.25, 0.3) is 0 Å². The molecule has 3 nitrogen and oxygen atoms in total. The highest BCUT2D eigenvalue weighted by Gasteiger charge is 2.07. The molecule has 4 heteroatoms. The van der Waals surface area contributed by atoms with Gasteiger partial charge in [0.15, 0.2) is 0 Å². The van der Waals surface area contributed by atoms with Crippen LogP contribution >= 0.6 is 0 Å². The van der Waals surface area contributed by atoms with Crippen molar-refractivity contribution in [2.24, 2.45) is 5.73 Å². The molecule has 0 radical (unpaired) electrons. The van der Waals surface area contributed by atoms with Gasteiger partial charge in [0.1, 0.15) is 5.82 Å². The Bertz CT molecular complexity index is 337. The SMILES string of the molecule is CCC[C@H](N)CNC(=O)c1ccc(F)cc1. The summed E-state index contributed by atoms with van der Waals surface area (Å²) in [5.74, 6) is -0.564. The van der Waals surface area contributed by atoms with Gasteiger partial charge in [-0.05, 0) is 30.7 Å². The van der Waals surface area contributed by atoms with Crippen LogP contribution in [-0.2, 0) is 0 Å². The van der Waals surface area contributed by atoms with Crippen molar-refractivity contribution in [2.45, 2.75) is 25.8 Å². The van der Waals surface area contributed by atoms with Gasteiger partial charge in [-0.15, -0.1) is 0 Å². The lowest BCUT2D eigenvalue weighted by Crippen LogP contribution is -2.37. The first-order valence-electron chi connectivity index (χ1n) is 5.42. The zero-order valence-corrected chi connectivity index (χ0v) is 9.37. The summed E-state index contributed by atoms with van der Waals surface area (Å²) in [6.45, 7) is 2.49. The second-order valence-electron chi connectivity index (χ2n) is 3.77. The van der Waals surface area contributed by atoms with E-state index in [9.17, 15) is 9.18 Å². The van der Waals surface area contributed by atoms with Crippen LogP contribution in [0.2, 0.25) is 0 Å². The Morgan fingerprint density at radius 2 is 2.06 bits per heavy atom. The topological polar surface area (TPSA) is 55.1 Å². The van der Waals surface area contributed by atoms with Gasteiger partial charge in [-0.1, -0.05) is 13.3 Å². The first-order chi connectivity index (χ1) is 7.63. The Morgan fingerprint density at radius 1 is 1.44 bits per heavy atom. The molecule has 0 spiro atoms. The molecule has 1 aromatic carbocycles. The maximum absolute atomic E-state index is 12.6. The fourth-order valence-corrected chi connectivity index (χ4v) is 1.40. The monoisotopic (exact) mass is 224 g/mol. The van der Waals surface area contributed by atoms with Crippen LogP contribution in [0.5, 0.6) is 0 Å². The molecule has 16 heavy (non-hydrogen) atoms. The number of amides is 1. The van der Waals surface area contributed by atoms with Gasteiger partial charge in [0.05, 0.1) is 0 Å². The molecule has 3 N–H and O–H groups in total. The minimum atomic E-state index is -0.348. The fourth-order valence-electron chi connectivity index (χ4n) is 1.40. The molecule has 0 fully saturated rings. The van der Waals surface area contributed by atoms with Gasteiger partial charge in [0.25, 0.3) is 5.91 Å². The van der Waals surface area contributed by atoms with Crippen molar-refractivity contribution in [3.05, 3.63) is 35.6 Å². The summed E-state index contributed by atoms with van der Waals surface area (Å²) in [5.41, 5.74) is 6.21. The molecule has 0 heterocycles. The molecule has 88 valence electrons. The first kappa shape index (κ1) is 12.6. The highest BCUT2D eigenvalue weighted by Crippen LogP contribution is 2.02. The molecule has 0 bridgehead atoms. The average Bonchev–Trinajstić information content (AvgIpc) is 2.27. The van der Waals surface area contributed by atoms with E-state index in [-0.39, 0.29) is 17.8 Å². The fraction of sp³-hybridized carbons (Fsp3) is 0.417. The number of rotatable bonds is 5. The van der Waals surface area contributed by atoms with Gasteiger partial charge in [-0.25, -0.2) is 4.39 Å². The summed E-state index contributed by atoms with van der Waals surface area (Å²) in [5, 5.41) is 2.72. The molecule has 0 aromatic heterocycles. The largest absolute Gasteiger partial charge is 0.350 e. The predicted molar refractivity (Wildman–Crippen MR) is 61.6 cm³/mol. The highest BCUT2D eigenvalue weighted by atomic mass is 19.1. The molecular formula is C12H17FN2O. The zero-order valence-electron chi connectivity index (χ0n) is 9.37. The van der Waals surface area contributed by atoms with E-state index >= 15 is 0 Å². The van der Waals surface area contributed by atoms with Crippen molar-refractivity contribution in [1.82, 2.24) is 5.32 Å². The van der Waals surface area contributed by atoms with Crippen LogP contribution < -0.4 is 11.1 Å². The Morgan fingerprint density at radius 3 is 2.62 bits per heavy atom. The molecule has 0 aliphatic carbocycles. The van der Waals surface area contributed by atoms with E-state index in [1.165, 1.54) is 24.3 Å². The number of nitrogens with two attached hydrogens (primary N) is 1. The van der Waals surface area contributed by atoms with Gasteiger partial charge in [-0.3, -0.25) is 4.79 Å². The number of hydrogen-bond acceptors (Lipinski definition) is 2. The lowest BCUT2D eigenvalue weighted by atomic mass is 10.1. The molecule has 0 saturated carbocycles. The Labute approximate surface area is 94.8 Å². The highest BCUT2D eigenvalue weighted by molar-refractivity contribution is 5.94. The second-order valence-corrected chi connectivity index (χ2v) is 3.77. The van der Waals surface area contributed by atoms with Gasteiger partial charge < -0.3 is 11.1 Å². The average molecular weight is 224 g/mol. The Kier molecular flexibility index (Phi) is 4.92. The van der Waals surface area contributed by atoms with Gasteiger partial charge in [0.2, 0.25) is 0 Å². The van der Waals surface area contributed by atoms with E-state index in [1.807, 2.05) is 6.92 Å². The first-order valence-corrected chi connectivity index (χ1v) is 5.42. The normalized spacial score (nSPS) is 12.2. The van der Waals surface area contributed by atoms with Crippen molar-refractivity contribution in [2.75, 3.05) is 6.54 Å². The molecule has 1 rings (SSSR count). The second kappa shape index (κ2) is 6.23. The minimum Gasteiger partial charge on any atom is -0.350 e. The number of carbonyl (C=O) groups excluding carboxylic acids is 1. The summed E-state index contributed by atoms with van der Waals surface area (Å²) in [7, 11) is 0. The summed E-state index contributed by atoms with van der Waals surface area (Å²) in [6, 6.07) is 5.42. The minimum absolute atomic E-state index is 0.0191. The van der Waals surface area contributed by atoms with Gasteiger partial charge >= 0.3 is 0 Å². The molecule has 0 aliphatic heterocycles. The summed E-state index contributed by atoms with van der Waals surface area (Å²) in [6.07, 6.45) is 1.87. The third-order valence-electron chi connectivity index (χ3n) is 2.29. The third kappa shape index (κ3) is 3.98. The van der Waals surface area contributed by atoms with Crippen molar-refractivity contribution in [3.8, 4) is 0 Å². The molecule has 0 unspecified atom stereocenters. The van der Waals surface area contributed by atoms with Crippen LogP contribution in [-0.4, -0.2) is 18.5 Å². The number of hydrogen-bond donors (Lipinski definition) is 2. The summed E-state index contributed by atoms with van der Waals surface area (Å²) in [4.78, 5) is 11.6. The number of carbonyl (C=O) groups is 1. The van der Waals surface area contributed by atoms with Gasteiger partial charge in [-0.2, -0.15) is 0 Å². The standard InChI is InChI=1S/C12H17FN2O/c1-2-3-11(14)8-15-12(16)9-4-6-10(13)7-5-9/h4-7,11H,2-3,8,14H2,1H3,(H,15,16)/t11-/m0/s1. The van der Waals surface area contributed by atoms with Crippen LogP contribution in [0.3, 0.4) is 0 Å². The smallest absolute Gasteiger partial charge is 0.251 e. The van der Waals surface area contributed by atoms with Crippen molar-refractivity contribution in [1.29, 1.82) is 0 Å². The van der Waals surface area contributed by atoms with Crippen LogP contribution in [0.15, 0.2) is 24.3 Å². The maximum atomic E-state index is 12.6. The molecule has 0 aliphatic rings. The quantitative estimate of drug-likeness (QED) is 0.799. The molecule has 1 atom stereocenters. The third-order valence-corrected chi connectivity index (χ3v) is 2.29. The molecule has 1 amide bonds. The van der Waals surface area contributed by atoms with Crippen LogP contribution in [0.1, 0.15) is 30.1 Å². The zero-order chi connectivity index (χ0) is 12.0. The van der Waals surface area contributed by atoms with E-state index in [0.29, 0.717) is 12.1 Å². The molecule has 1 aromatic rings. The van der Waals surface area contributed by atoms with Gasteiger partial charge in [0, 0.05) is 18.2 Å². The van der Waals surface area contributed by atoms with E-state index in [0.717, 1.165) is 12.8 Å². The van der Waals surface area contributed by atoms with E-state index in [2.05, 4.69) is 5.32 Å². The van der Waals surface area contributed by atoms with Crippen molar-refractivity contribution < 1.29 is 9.18 Å². The summed E-state index contributed by atoms with van der Waals surface area (Å²) >= 11 is 0. The van der Waals surface area contributed by atoms with E-state index in [4.69, 9.17) is 5.73 Å². The lowest BCUT2D eigenvalue weighted by Gasteiger charge is -2.11. The van der Waals surface area contributed by atoms with Crippen molar-refractivity contribution >= 4 is 5.91 Å². The molecule has 0 saturated heterocycles. The lowest BCUT2D eigenvalue weighted by molar-refractivity contribution is 0.0950. The number of nitrogens with one attached hydrogen (secondary N) is 1. The van der Waals surface area contributed by atoms with Crippen molar-refractivity contribution in [3.63, 3.8) is 0 Å². The van der Waals surface area contributed by atoms with E-state index < -0.39 is 0 Å².